The summed E-state index contributed by atoms with van der Waals surface area (Å²) in [7, 11) is 1.97. The van der Waals surface area contributed by atoms with Crippen molar-refractivity contribution in [2.45, 2.75) is 31.7 Å². The van der Waals surface area contributed by atoms with Gasteiger partial charge in [0.25, 0.3) is 0 Å². The van der Waals surface area contributed by atoms with Crippen LogP contribution < -0.4 is 5.73 Å². The summed E-state index contributed by atoms with van der Waals surface area (Å²) in [5.74, 6) is 0. The summed E-state index contributed by atoms with van der Waals surface area (Å²) in [5.41, 5.74) is 6.90. The molecule has 0 amide bonds. The van der Waals surface area contributed by atoms with Gasteiger partial charge in [-0.15, -0.1) is 0 Å². The Bertz CT molecular complexity index is 317. The first kappa shape index (κ1) is 11.6. The zero-order chi connectivity index (χ0) is 11.4. The topological polar surface area (TPSA) is 47.1 Å². The van der Waals surface area contributed by atoms with E-state index in [0.717, 1.165) is 38.5 Å². The summed E-state index contributed by atoms with van der Waals surface area (Å²) >= 11 is 0. The van der Waals surface area contributed by atoms with Crippen molar-refractivity contribution in [3.8, 4) is 0 Å². The number of hydrogen-bond acceptors (Lipinski definition) is 3. The van der Waals surface area contributed by atoms with Crippen molar-refractivity contribution in [2.24, 2.45) is 12.8 Å². The molecule has 1 saturated carbocycles. The monoisotopic (exact) mass is 222 g/mol. The van der Waals surface area contributed by atoms with Gasteiger partial charge in [0, 0.05) is 25.8 Å². The van der Waals surface area contributed by atoms with Crippen molar-refractivity contribution in [3.05, 3.63) is 18.0 Å². The lowest BCUT2D eigenvalue weighted by molar-refractivity contribution is 0.265. The van der Waals surface area contributed by atoms with E-state index in [1.54, 1.807) is 0 Å². The highest BCUT2D eigenvalue weighted by atomic mass is 15.2. The van der Waals surface area contributed by atoms with Crippen LogP contribution in [0.4, 0.5) is 0 Å². The third-order valence-corrected chi connectivity index (χ3v) is 3.16. The lowest BCUT2D eigenvalue weighted by Crippen LogP contribution is -2.30. The third kappa shape index (κ3) is 3.32. The van der Waals surface area contributed by atoms with Crippen LogP contribution in [0.15, 0.2) is 12.4 Å². The van der Waals surface area contributed by atoms with Crippen molar-refractivity contribution in [3.63, 3.8) is 0 Å². The van der Waals surface area contributed by atoms with Crippen molar-refractivity contribution in [1.29, 1.82) is 0 Å². The van der Waals surface area contributed by atoms with Gasteiger partial charge >= 0.3 is 0 Å². The molecule has 1 aromatic rings. The molecule has 0 spiro atoms. The van der Waals surface area contributed by atoms with E-state index in [-0.39, 0.29) is 0 Å². The van der Waals surface area contributed by atoms with Gasteiger partial charge in [-0.2, -0.15) is 5.10 Å². The van der Waals surface area contributed by atoms with Gasteiger partial charge in [-0.25, -0.2) is 0 Å². The van der Waals surface area contributed by atoms with Crippen LogP contribution in [0.5, 0.6) is 0 Å². The molecule has 0 atom stereocenters. The molecule has 4 heteroatoms. The zero-order valence-electron chi connectivity index (χ0n) is 10.1. The van der Waals surface area contributed by atoms with Crippen LogP contribution in [0.1, 0.15) is 24.8 Å². The summed E-state index contributed by atoms with van der Waals surface area (Å²) in [6.45, 7) is 3.11. The average Bonchev–Trinajstić information content (AvgIpc) is 3.03. The molecule has 1 aliphatic carbocycles. The number of hydrogen-bond donors (Lipinski definition) is 1. The lowest BCUT2D eigenvalue weighted by Gasteiger charge is -2.21. The molecule has 2 rings (SSSR count). The second-order valence-corrected chi connectivity index (χ2v) is 4.68. The van der Waals surface area contributed by atoms with Crippen LogP contribution in [0, 0.1) is 0 Å². The van der Waals surface area contributed by atoms with Crippen LogP contribution in [0.25, 0.3) is 0 Å². The molecule has 2 N–H and O–H groups in total. The summed E-state index contributed by atoms with van der Waals surface area (Å²) < 4.78 is 1.87. The maximum atomic E-state index is 5.57. The predicted octanol–water partition coefficient (Wildman–Crippen LogP) is 0.776. The maximum absolute atomic E-state index is 5.57. The predicted molar refractivity (Wildman–Crippen MR) is 65.2 cm³/mol. The Morgan fingerprint density at radius 1 is 1.50 bits per heavy atom. The average molecular weight is 222 g/mol. The first-order valence-electron chi connectivity index (χ1n) is 6.21. The number of aromatic nitrogens is 2. The highest BCUT2D eigenvalue weighted by Crippen LogP contribution is 2.26. The van der Waals surface area contributed by atoms with Crippen LogP contribution >= 0.6 is 0 Å². The van der Waals surface area contributed by atoms with Crippen LogP contribution in [-0.2, 0) is 13.5 Å². The first-order chi connectivity index (χ1) is 7.79. The van der Waals surface area contributed by atoms with Crippen molar-refractivity contribution < 1.29 is 0 Å². The van der Waals surface area contributed by atoms with Gasteiger partial charge in [-0.05, 0) is 44.3 Å². The van der Waals surface area contributed by atoms with E-state index in [2.05, 4.69) is 16.2 Å². The lowest BCUT2D eigenvalue weighted by atomic mass is 10.2. The Balaban J connectivity index is 1.77. The van der Waals surface area contributed by atoms with Crippen LogP contribution in [0.3, 0.4) is 0 Å². The van der Waals surface area contributed by atoms with E-state index < -0.39 is 0 Å². The van der Waals surface area contributed by atoms with Crippen LogP contribution in [0.2, 0.25) is 0 Å². The molecule has 0 bridgehead atoms. The highest BCUT2D eigenvalue weighted by Gasteiger charge is 2.27. The summed E-state index contributed by atoms with van der Waals surface area (Å²) in [6, 6.07) is 0.836. The molecule has 16 heavy (non-hydrogen) atoms. The largest absolute Gasteiger partial charge is 0.330 e. The number of aryl methyl sites for hydroxylation is 1. The number of rotatable bonds is 7. The minimum Gasteiger partial charge on any atom is -0.330 e. The number of nitrogens with two attached hydrogens (primary N) is 1. The Hall–Kier alpha value is -0.870. The molecule has 4 nitrogen and oxygen atoms in total. The molecule has 1 aliphatic rings. The van der Waals surface area contributed by atoms with Crippen LogP contribution in [-0.4, -0.2) is 40.4 Å². The van der Waals surface area contributed by atoms with E-state index in [1.165, 1.54) is 18.4 Å². The van der Waals surface area contributed by atoms with Gasteiger partial charge < -0.3 is 10.6 Å². The van der Waals surface area contributed by atoms with Gasteiger partial charge in [-0.1, -0.05) is 0 Å². The SMILES string of the molecule is Cn1cc(CCN(CCCN)C2CC2)cn1. The Labute approximate surface area is 97.4 Å². The zero-order valence-corrected chi connectivity index (χ0v) is 10.1. The summed E-state index contributed by atoms with van der Waals surface area (Å²) in [6.07, 6.45) is 9.04. The van der Waals surface area contributed by atoms with E-state index in [9.17, 15) is 0 Å². The van der Waals surface area contributed by atoms with E-state index in [1.807, 2.05) is 17.9 Å². The van der Waals surface area contributed by atoms with Crippen molar-refractivity contribution in [1.82, 2.24) is 14.7 Å². The van der Waals surface area contributed by atoms with Gasteiger partial charge in [0.2, 0.25) is 0 Å². The van der Waals surface area contributed by atoms with Gasteiger partial charge in [0.15, 0.2) is 0 Å². The minimum absolute atomic E-state index is 0.802. The smallest absolute Gasteiger partial charge is 0.0522 e. The molecular formula is C12H22N4. The molecule has 90 valence electrons. The quantitative estimate of drug-likeness (QED) is 0.741. The van der Waals surface area contributed by atoms with Crippen molar-refractivity contribution >= 4 is 0 Å². The Morgan fingerprint density at radius 2 is 2.31 bits per heavy atom. The fourth-order valence-corrected chi connectivity index (χ4v) is 2.08. The Morgan fingerprint density at radius 3 is 2.88 bits per heavy atom. The second kappa shape index (κ2) is 5.46. The third-order valence-electron chi connectivity index (χ3n) is 3.16. The van der Waals surface area contributed by atoms with Gasteiger partial charge in [0.05, 0.1) is 6.20 Å². The summed E-state index contributed by atoms with van der Waals surface area (Å²) in [4.78, 5) is 2.58. The molecule has 1 heterocycles. The maximum Gasteiger partial charge on any atom is 0.0522 e. The van der Waals surface area contributed by atoms with E-state index >= 15 is 0 Å². The molecule has 1 fully saturated rings. The molecule has 0 saturated heterocycles. The minimum atomic E-state index is 0.802. The van der Waals surface area contributed by atoms with E-state index in [4.69, 9.17) is 5.73 Å². The second-order valence-electron chi connectivity index (χ2n) is 4.68. The van der Waals surface area contributed by atoms with Crippen molar-refractivity contribution in [2.75, 3.05) is 19.6 Å². The van der Waals surface area contributed by atoms with E-state index in [0.29, 0.717) is 0 Å². The first-order valence-corrected chi connectivity index (χ1v) is 6.21. The summed E-state index contributed by atoms with van der Waals surface area (Å²) in [5, 5.41) is 4.20. The molecule has 1 aromatic heterocycles. The number of nitrogens with zero attached hydrogens (tertiary/aromatic N) is 3. The fourth-order valence-electron chi connectivity index (χ4n) is 2.08. The fraction of sp³-hybridized carbons (Fsp3) is 0.750. The molecular weight excluding hydrogens is 200 g/mol. The molecule has 0 aliphatic heterocycles. The normalized spacial score (nSPS) is 15.9. The standard InChI is InChI=1S/C12H22N4/c1-15-10-11(9-14-15)5-8-16(7-2-6-13)12-3-4-12/h9-10,12H,2-8,13H2,1H3. The Kier molecular flexibility index (Phi) is 3.96. The highest BCUT2D eigenvalue weighted by molar-refractivity contribution is 5.04. The van der Waals surface area contributed by atoms with Gasteiger partial charge in [0.1, 0.15) is 0 Å². The molecule has 0 unspecified atom stereocenters. The van der Waals surface area contributed by atoms with Gasteiger partial charge in [-0.3, -0.25) is 4.68 Å². The molecule has 0 aromatic carbocycles. The molecule has 0 radical (unpaired) electrons.